The lowest BCUT2D eigenvalue weighted by molar-refractivity contribution is -0.117. The third-order valence-electron chi connectivity index (χ3n) is 3.74. The van der Waals surface area contributed by atoms with Crippen molar-refractivity contribution in [1.82, 2.24) is 0 Å². The summed E-state index contributed by atoms with van der Waals surface area (Å²) in [6, 6.07) is 0. The highest BCUT2D eigenvalue weighted by Crippen LogP contribution is 2.72. The third kappa shape index (κ3) is 0.280. The van der Waals surface area contributed by atoms with Crippen LogP contribution in [-0.4, -0.2) is 16.5 Å². The number of carbonyl (C=O) groups excluding carboxylic acids is 1. The van der Waals surface area contributed by atoms with E-state index in [9.17, 15) is 9.90 Å². The predicted molar refractivity (Wildman–Crippen MR) is 34.3 cm³/mol. The molecule has 0 radical (unpaired) electrons. The minimum atomic E-state index is -0.823. The molecule has 0 heterocycles. The Morgan fingerprint density at radius 2 is 2.30 bits per heavy atom. The molecule has 1 N–H and O–H groups in total. The molecular weight excluding hydrogens is 128 g/mol. The first-order valence-corrected chi connectivity index (χ1v) is 3.96. The van der Waals surface area contributed by atoms with E-state index in [0.29, 0.717) is 5.92 Å². The highest BCUT2D eigenvalue weighted by Gasteiger charge is 2.82. The van der Waals surface area contributed by atoms with Gasteiger partial charge >= 0.3 is 0 Å². The van der Waals surface area contributed by atoms with Crippen molar-refractivity contribution in [2.24, 2.45) is 11.3 Å². The second-order valence-electron chi connectivity index (χ2n) is 4.08. The van der Waals surface area contributed by atoms with Crippen molar-refractivity contribution in [2.75, 3.05) is 0 Å². The van der Waals surface area contributed by atoms with Gasteiger partial charge in [-0.15, -0.1) is 0 Å². The van der Waals surface area contributed by atoms with Crippen molar-refractivity contribution in [1.29, 1.82) is 0 Å². The van der Waals surface area contributed by atoms with Gasteiger partial charge in [-0.1, -0.05) is 0 Å². The van der Waals surface area contributed by atoms with Gasteiger partial charge < -0.3 is 5.11 Å². The van der Waals surface area contributed by atoms with Crippen LogP contribution in [0.2, 0.25) is 0 Å². The topological polar surface area (TPSA) is 37.3 Å². The first-order valence-electron chi connectivity index (χ1n) is 3.96. The fourth-order valence-corrected chi connectivity index (χ4v) is 3.13. The molecule has 3 aliphatic rings. The van der Waals surface area contributed by atoms with Gasteiger partial charge in [0.15, 0.2) is 5.78 Å². The van der Waals surface area contributed by atoms with Crippen molar-refractivity contribution >= 4 is 5.78 Å². The minimum Gasteiger partial charge on any atom is -0.381 e. The van der Waals surface area contributed by atoms with Crippen LogP contribution in [0.25, 0.3) is 0 Å². The Labute approximate surface area is 59.2 Å². The van der Waals surface area contributed by atoms with Crippen LogP contribution in [0.5, 0.6) is 0 Å². The van der Waals surface area contributed by atoms with Crippen molar-refractivity contribution in [3.63, 3.8) is 0 Å². The van der Waals surface area contributed by atoms with E-state index in [-0.39, 0.29) is 11.2 Å². The maximum atomic E-state index is 11.2. The van der Waals surface area contributed by atoms with E-state index >= 15 is 0 Å². The Hall–Kier alpha value is -0.370. The number of rotatable bonds is 0. The summed E-state index contributed by atoms with van der Waals surface area (Å²) in [4.78, 5) is 11.2. The molecule has 0 saturated heterocycles. The average molecular weight is 138 g/mol. The summed E-state index contributed by atoms with van der Waals surface area (Å²) in [6.45, 7) is 0. The molecule has 3 saturated carbocycles. The molecule has 10 heavy (non-hydrogen) atoms. The Morgan fingerprint density at radius 3 is 2.70 bits per heavy atom. The second kappa shape index (κ2) is 1.07. The van der Waals surface area contributed by atoms with Crippen LogP contribution < -0.4 is 0 Å². The molecule has 3 aliphatic carbocycles. The lowest BCUT2D eigenvalue weighted by atomic mass is 9.98. The number of carbonyl (C=O) groups is 1. The van der Waals surface area contributed by atoms with Crippen LogP contribution in [0.4, 0.5) is 0 Å². The quantitative estimate of drug-likeness (QED) is 0.529. The maximum absolute atomic E-state index is 11.2. The van der Waals surface area contributed by atoms with E-state index in [1.54, 1.807) is 0 Å². The van der Waals surface area contributed by atoms with Gasteiger partial charge in [-0.2, -0.15) is 0 Å². The highest BCUT2D eigenvalue weighted by atomic mass is 16.3. The molecular formula is C8H10O2. The number of ketones is 1. The monoisotopic (exact) mass is 138 g/mol. The summed E-state index contributed by atoms with van der Waals surface area (Å²) in [5, 5.41) is 9.67. The molecule has 2 heteroatoms. The van der Waals surface area contributed by atoms with Gasteiger partial charge in [0.1, 0.15) is 5.60 Å². The summed E-state index contributed by atoms with van der Waals surface area (Å²) in [6.07, 6.45) is 3.90. The SMILES string of the molecule is O=C1C2(O)CC3CCC12C3. The van der Waals surface area contributed by atoms with Gasteiger partial charge in [-0.25, -0.2) is 0 Å². The zero-order valence-corrected chi connectivity index (χ0v) is 5.76. The van der Waals surface area contributed by atoms with Crippen LogP contribution in [0.3, 0.4) is 0 Å². The van der Waals surface area contributed by atoms with E-state index in [1.807, 2.05) is 0 Å². The van der Waals surface area contributed by atoms with E-state index in [0.717, 1.165) is 19.3 Å². The van der Waals surface area contributed by atoms with Crippen LogP contribution in [0.1, 0.15) is 25.7 Å². The molecule has 0 aromatic carbocycles. The van der Waals surface area contributed by atoms with Gasteiger partial charge in [0, 0.05) is 0 Å². The number of hydrogen-bond donors (Lipinski definition) is 1. The van der Waals surface area contributed by atoms with Crippen molar-refractivity contribution < 1.29 is 9.90 Å². The summed E-state index contributed by atoms with van der Waals surface area (Å²) < 4.78 is 0. The van der Waals surface area contributed by atoms with E-state index in [4.69, 9.17) is 0 Å². The summed E-state index contributed by atoms with van der Waals surface area (Å²) in [5.74, 6) is 0.816. The number of fused-ring (bicyclic) bond motifs is 1. The smallest absolute Gasteiger partial charge is 0.174 e. The highest BCUT2D eigenvalue weighted by molar-refractivity contribution is 6.12. The van der Waals surface area contributed by atoms with E-state index in [1.165, 1.54) is 6.42 Å². The summed E-state index contributed by atoms with van der Waals surface area (Å²) >= 11 is 0. The number of hydrogen-bond acceptors (Lipinski definition) is 2. The predicted octanol–water partition coefficient (Wildman–Crippen LogP) is 0.490. The van der Waals surface area contributed by atoms with Crippen LogP contribution in [-0.2, 0) is 4.79 Å². The normalized spacial score (nSPS) is 62.9. The molecule has 54 valence electrons. The lowest BCUT2D eigenvalue weighted by Crippen LogP contribution is -2.17. The number of Topliss-reactive ketones (excluding diaryl/α,β-unsaturated/α-hetero) is 1. The first kappa shape index (κ1) is 5.30. The Bertz CT molecular complexity index is 233. The van der Waals surface area contributed by atoms with Gasteiger partial charge in [0.05, 0.1) is 5.41 Å². The number of aliphatic hydroxyl groups is 1. The molecule has 3 unspecified atom stereocenters. The van der Waals surface area contributed by atoms with Gasteiger partial charge in [-0.3, -0.25) is 4.79 Å². The standard InChI is InChI=1S/C8H10O2/c9-6-7-2-1-5(3-7)4-8(6,7)10/h5,10H,1-4H2. The molecule has 3 rings (SSSR count). The van der Waals surface area contributed by atoms with Crippen LogP contribution >= 0.6 is 0 Å². The fraction of sp³-hybridized carbons (Fsp3) is 0.875. The van der Waals surface area contributed by atoms with Gasteiger partial charge in [0.2, 0.25) is 0 Å². The largest absolute Gasteiger partial charge is 0.381 e. The van der Waals surface area contributed by atoms with Gasteiger partial charge in [0.25, 0.3) is 0 Å². The summed E-state index contributed by atoms with van der Waals surface area (Å²) in [5.41, 5.74) is -1.03. The minimum absolute atomic E-state index is 0.147. The van der Waals surface area contributed by atoms with Crippen LogP contribution in [0, 0.1) is 11.3 Å². The molecule has 1 spiro atoms. The van der Waals surface area contributed by atoms with Crippen LogP contribution in [0.15, 0.2) is 0 Å². The molecule has 3 atom stereocenters. The Balaban J connectivity index is 2.15. The lowest BCUT2D eigenvalue weighted by Gasteiger charge is -2.11. The molecule has 2 nitrogen and oxygen atoms in total. The van der Waals surface area contributed by atoms with E-state index < -0.39 is 5.60 Å². The fourth-order valence-electron chi connectivity index (χ4n) is 3.13. The molecule has 0 aliphatic heterocycles. The zero-order chi connectivity index (χ0) is 6.98. The molecule has 0 aromatic rings. The maximum Gasteiger partial charge on any atom is 0.174 e. The first-order chi connectivity index (χ1) is 4.69. The molecule has 3 fully saturated rings. The summed E-state index contributed by atoms with van der Waals surface area (Å²) in [7, 11) is 0. The van der Waals surface area contributed by atoms with Crippen molar-refractivity contribution in [3.8, 4) is 0 Å². The Morgan fingerprint density at radius 1 is 1.50 bits per heavy atom. The average Bonchev–Trinajstić information content (AvgIpc) is 2.39. The van der Waals surface area contributed by atoms with Gasteiger partial charge in [-0.05, 0) is 31.6 Å². The second-order valence-corrected chi connectivity index (χ2v) is 4.08. The zero-order valence-electron chi connectivity index (χ0n) is 5.76. The third-order valence-corrected chi connectivity index (χ3v) is 3.74. The van der Waals surface area contributed by atoms with Crippen molar-refractivity contribution in [3.05, 3.63) is 0 Å². The van der Waals surface area contributed by atoms with Crippen molar-refractivity contribution in [2.45, 2.75) is 31.3 Å². The molecule has 0 aromatic heterocycles. The molecule has 2 bridgehead atoms. The Kier molecular flexibility index (Phi) is 0.569. The molecule has 0 amide bonds. The van der Waals surface area contributed by atoms with E-state index in [2.05, 4.69) is 0 Å².